The van der Waals surface area contributed by atoms with Gasteiger partial charge in [-0.3, -0.25) is 0 Å². The minimum absolute atomic E-state index is 0.0348. The SMILES string of the molecule is C=CCC[C@@H]1CCCCC[C@H]1O. The molecule has 0 bridgehead atoms. The maximum Gasteiger partial charge on any atom is 0.0568 e. The van der Waals surface area contributed by atoms with Gasteiger partial charge >= 0.3 is 0 Å². The highest BCUT2D eigenvalue weighted by atomic mass is 16.3. The fourth-order valence-electron chi connectivity index (χ4n) is 2.03. The van der Waals surface area contributed by atoms with E-state index in [2.05, 4.69) is 6.58 Å². The molecule has 0 aliphatic heterocycles. The number of allylic oxidation sites excluding steroid dienone is 1. The predicted octanol–water partition coefficient (Wildman–Crippen LogP) is 2.89. The molecule has 70 valence electrons. The molecule has 0 aromatic rings. The zero-order valence-corrected chi connectivity index (χ0v) is 7.84. The molecule has 2 atom stereocenters. The second kappa shape index (κ2) is 5.36. The zero-order valence-electron chi connectivity index (χ0n) is 7.84. The Kier molecular flexibility index (Phi) is 4.37. The van der Waals surface area contributed by atoms with Crippen LogP contribution in [0.4, 0.5) is 0 Å². The highest BCUT2D eigenvalue weighted by Crippen LogP contribution is 2.26. The number of hydrogen-bond donors (Lipinski definition) is 1. The molecule has 0 unspecified atom stereocenters. The van der Waals surface area contributed by atoms with Gasteiger partial charge in [0.1, 0.15) is 0 Å². The Morgan fingerprint density at radius 2 is 2.00 bits per heavy atom. The van der Waals surface area contributed by atoms with Gasteiger partial charge in [0.25, 0.3) is 0 Å². The van der Waals surface area contributed by atoms with Crippen LogP contribution in [0.5, 0.6) is 0 Å². The smallest absolute Gasteiger partial charge is 0.0568 e. The van der Waals surface area contributed by atoms with Crippen LogP contribution in [0.3, 0.4) is 0 Å². The number of hydrogen-bond acceptors (Lipinski definition) is 1. The molecule has 1 N–H and O–H groups in total. The van der Waals surface area contributed by atoms with E-state index in [4.69, 9.17) is 0 Å². The third-order valence-corrected chi connectivity index (χ3v) is 2.86. The first kappa shape index (κ1) is 9.79. The largest absolute Gasteiger partial charge is 0.393 e. The summed E-state index contributed by atoms with van der Waals surface area (Å²) in [6.45, 7) is 3.71. The summed E-state index contributed by atoms with van der Waals surface area (Å²) in [5.74, 6) is 0.547. The Morgan fingerprint density at radius 3 is 2.75 bits per heavy atom. The lowest BCUT2D eigenvalue weighted by Crippen LogP contribution is -2.18. The molecule has 0 spiro atoms. The molecule has 0 aromatic carbocycles. The van der Waals surface area contributed by atoms with Crippen molar-refractivity contribution in [1.82, 2.24) is 0 Å². The maximum absolute atomic E-state index is 9.74. The summed E-state index contributed by atoms with van der Waals surface area (Å²) in [6.07, 6.45) is 10.2. The van der Waals surface area contributed by atoms with Crippen LogP contribution in [0.1, 0.15) is 44.9 Å². The van der Waals surface area contributed by atoms with E-state index < -0.39 is 0 Å². The Morgan fingerprint density at radius 1 is 1.25 bits per heavy atom. The van der Waals surface area contributed by atoms with Gasteiger partial charge in [-0.25, -0.2) is 0 Å². The van der Waals surface area contributed by atoms with Crippen LogP contribution < -0.4 is 0 Å². The molecule has 1 nitrogen and oxygen atoms in total. The molecule has 1 heteroatoms. The summed E-state index contributed by atoms with van der Waals surface area (Å²) in [5.41, 5.74) is 0. The Labute approximate surface area is 75.5 Å². The summed E-state index contributed by atoms with van der Waals surface area (Å²) in [6, 6.07) is 0. The molecule has 1 aliphatic carbocycles. The van der Waals surface area contributed by atoms with Gasteiger partial charge in [0, 0.05) is 0 Å². The number of rotatable bonds is 3. The van der Waals surface area contributed by atoms with Gasteiger partial charge in [-0.2, -0.15) is 0 Å². The monoisotopic (exact) mass is 168 g/mol. The molecule has 0 saturated heterocycles. The summed E-state index contributed by atoms with van der Waals surface area (Å²) < 4.78 is 0. The standard InChI is InChI=1S/C11H20O/c1-2-3-7-10-8-5-4-6-9-11(10)12/h2,10-12H,1,3-9H2/t10-,11-/m1/s1. The summed E-state index contributed by atoms with van der Waals surface area (Å²) in [4.78, 5) is 0. The van der Waals surface area contributed by atoms with E-state index in [1.807, 2.05) is 6.08 Å². The average Bonchev–Trinajstić information content (AvgIpc) is 2.27. The molecular formula is C11H20O. The minimum Gasteiger partial charge on any atom is -0.393 e. The van der Waals surface area contributed by atoms with Crippen LogP contribution in [0, 0.1) is 5.92 Å². The zero-order chi connectivity index (χ0) is 8.81. The van der Waals surface area contributed by atoms with Crippen molar-refractivity contribution in [3.05, 3.63) is 12.7 Å². The van der Waals surface area contributed by atoms with Crippen molar-refractivity contribution < 1.29 is 5.11 Å². The first-order chi connectivity index (χ1) is 5.84. The van der Waals surface area contributed by atoms with Crippen molar-refractivity contribution >= 4 is 0 Å². The van der Waals surface area contributed by atoms with Crippen molar-refractivity contribution in [3.8, 4) is 0 Å². The topological polar surface area (TPSA) is 20.2 Å². The van der Waals surface area contributed by atoms with Gasteiger partial charge in [0.15, 0.2) is 0 Å². The number of aliphatic hydroxyl groups excluding tert-OH is 1. The van der Waals surface area contributed by atoms with Crippen LogP contribution in [-0.2, 0) is 0 Å². The lowest BCUT2D eigenvalue weighted by atomic mass is 9.92. The quantitative estimate of drug-likeness (QED) is 0.507. The molecule has 1 aliphatic rings. The maximum atomic E-state index is 9.74. The van der Waals surface area contributed by atoms with Crippen molar-refractivity contribution in [1.29, 1.82) is 0 Å². The van der Waals surface area contributed by atoms with Crippen LogP contribution in [0.25, 0.3) is 0 Å². The molecule has 0 heterocycles. The molecule has 1 rings (SSSR count). The second-order valence-electron chi connectivity index (χ2n) is 3.83. The van der Waals surface area contributed by atoms with Crippen LogP contribution in [0.15, 0.2) is 12.7 Å². The Hall–Kier alpha value is -0.300. The normalized spacial score (nSPS) is 31.1. The summed E-state index contributed by atoms with van der Waals surface area (Å²) >= 11 is 0. The van der Waals surface area contributed by atoms with Gasteiger partial charge in [0.05, 0.1) is 6.10 Å². The summed E-state index contributed by atoms with van der Waals surface area (Å²) in [7, 11) is 0. The number of aliphatic hydroxyl groups is 1. The second-order valence-corrected chi connectivity index (χ2v) is 3.83. The van der Waals surface area contributed by atoms with Gasteiger partial charge in [0.2, 0.25) is 0 Å². The molecule has 1 saturated carbocycles. The van der Waals surface area contributed by atoms with E-state index in [-0.39, 0.29) is 6.10 Å². The van der Waals surface area contributed by atoms with E-state index in [1.54, 1.807) is 0 Å². The predicted molar refractivity (Wildman–Crippen MR) is 52.0 cm³/mol. The molecule has 0 amide bonds. The van der Waals surface area contributed by atoms with E-state index in [0.717, 1.165) is 19.3 Å². The van der Waals surface area contributed by atoms with E-state index in [1.165, 1.54) is 25.7 Å². The van der Waals surface area contributed by atoms with Gasteiger partial charge in [-0.05, 0) is 31.6 Å². The Balaban J connectivity index is 2.31. The van der Waals surface area contributed by atoms with Crippen molar-refractivity contribution in [2.24, 2.45) is 5.92 Å². The van der Waals surface area contributed by atoms with Crippen LogP contribution in [0.2, 0.25) is 0 Å². The molecule has 12 heavy (non-hydrogen) atoms. The van der Waals surface area contributed by atoms with Crippen molar-refractivity contribution in [2.45, 2.75) is 51.0 Å². The highest BCUT2D eigenvalue weighted by Gasteiger charge is 2.20. The van der Waals surface area contributed by atoms with Crippen LogP contribution >= 0.6 is 0 Å². The molecular weight excluding hydrogens is 148 g/mol. The fourth-order valence-corrected chi connectivity index (χ4v) is 2.03. The van der Waals surface area contributed by atoms with E-state index >= 15 is 0 Å². The first-order valence-corrected chi connectivity index (χ1v) is 5.13. The van der Waals surface area contributed by atoms with E-state index in [0.29, 0.717) is 5.92 Å². The van der Waals surface area contributed by atoms with Crippen molar-refractivity contribution in [2.75, 3.05) is 0 Å². The molecule has 0 aromatic heterocycles. The lowest BCUT2D eigenvalue weighted by molar-refractivity contribution is 0.0964. The highest BCUT2D eigenvalue weighted by molar-refractivity contribution is 4.76. The Bertz CT molecular complexity index is 131. The van der Waals surface area contributed by atoms with Gasteiger partial charge in [-0.15, -0.1) is 6.58 Å². The lowest BCUT2D eigenvalue weighted by Gasteiger charge is -2.19. The third kappa shape index (κ3) is 2.98. The summed E-state index contributed by atoms with van der Waals surface area (Å²) in [5, 5.41) is 9.74. The molecule has 1 fully saturated rings. The van der Waals surface area contributed by atoms with Gasteiger partial charge in [-0.1, -0.05) is 25.3 Å². The minimum atomic E-state index is -0.0348. The van der Waals surface area contributed by atoms with Crippen LogP contribution in [-0.4, -0.2) is 11.2 Å². The third-order valence-electron chi connectivity index (χ3n) is 2.86. The fraction of sp³-hybridized carbons (Fsp3) is 0.818. The first-order valence-electron chi connectivity index (χ1n) is 5.13. The average molecular weight is 168 g/mol. The van der Waals surface area contributed by atoms with Crippen molar-refractivity contribution in [3.63, 3.8) is 0 Å². The molecule has 0 radical (unpaired) electrons. The van der Waals surface area contributed by atoms with Gasteiger partial charge < -0.3 is 5.11 Å². The van der Waals surface area contributed by atoms with E-state index in [9.17, 15) is 5.11 Å².